The van der Waals surface area contributed by atoms with Crippen molar-refractivity contribution in [2.45, 2.75) is 39.3 Å². The summed E-state index contributed by atoms with van der Waals surface area (Å²) in [5.41, 5.74) is 0. The maximum absolute atomic E-state index is 3.91. The van der Waals surface area contributed by atoms with Crippen LogP contribution < -0.4 is 0 Å². The van der Waals surface area contributed by atoms with Crippen LogP contribution in [0.1, 0.15) is 0 Å². The summed E-state index contributed by atoms with van der Waals surface area (Å²) < 4.78 is 0. The predicted molar refractivity (Wildman–Crippen MR) is 57.4 cm³/mol. The summed E-state index contributed by atoms with van der Waals surface area (Å²) >= 11 is 0. The Labute approximate surface area is 94.3 Å². The van der Waals surface area contributed by atoms with Gasteiger partial charge in [-0.1, -0.05) is 39.3 Å². The molecule has 0 fully saturated rings. The number of rotatable bonds is 0. The normalized spacial score (nSPS) is 10.9. The van der Waals surface area contributed by atoms with E-state index in [9.17, 15) is 0 Å². The van der Waals surface area contributed by atoms with Gasteiger partial charge in [0.25, 0.3) is 0 Å². The Kier molecular flexibility index (Phi) is 11.2. The van der Waals surface area contributed by atoms with Crippen LogP contribution in [-0.4, -0.2) is 16.1 Å². The second kappa shape index (κ2) is 6.79. The third kappa shape index (κ3) is 566. The van der Waals surface area contributed by atoms with Gasteiger partial charge in [-0.2, -0.15) is 0 Å². The van der Waals surface area contributed by atoms with Crippen molar-refractivity contribution in [2.75, 3.05) is 0 Å². The van der Waals surface area contributed by atoms with E-state index in [1.54, 1.807) is 0 Å². The van der Waals surface area contributed by atoms with Crippen LogP contribution in [0, 0.1) is 13.1 Å². The Morgan fingerprint density at radius 3 is 0.636 bits per heavy atom. The van der Waals surface area contributed by atoms with Crippen LogP contribution in [0.15, 0.2) is 0 Å². The van der Waals surface area contributed by atoms with E-state index in [1.807, 2.05) is 0 Å². The summed E-state index contributed by atoms with van der Waals surface area (Å²) in [4.78, 5) is 0. The average molecular weight is 266 g/mol. The van der Waals surface area contributed by atoms with Crippen molar-refractivity contribution in [2.24, 2.45) is 0 Å². The topological polar surface area (TPSA) is 0 Å². The molecule has 0 rings (SSSR count). The molecule has 0 aromatic rings. The molecule has 0 amide bonds. The van der Waals surface area contributed by atoms with E-state index in [0.29, 0.717) is 0 Å². The van der Waals surface area contributed by atoms with Crippen molar-refractivity contribution in [3.8, 4) is 0 Å². The van der Waals surface area contributed by atoms with Gasteiger partial charge in [-0.3, -0.25) is 0 Å². The zero-order chi connectivity index (χ0) is 9.00. The molecule has 0 bridgehead atoms. The maximum atomic E-state index is 3.91. The monoisotopic (exact) mass is 264 g/mol. The molecule has 66 valence electrons. The summed E-state index contributed by atoms with van der Waals surface area (Å²) in [7, 11) is -1.72. The Hall–Kier alpha value is 1.32. The van der Waals surface area contributed by atoms with E-state index in [1.165, 1.54) is 0 Å². The summed E-state index contributed by atoms with van der Waals surface area (Å²) in [6.45, 7) is 21.1. The molecule has 0 atom stereocenters. The Morgan fingerprint density at radius 2 is 0.636 bits per heavy atom. The van der Waals surface area contributed by atoms with Crippen molar-refractivity contribution in [1.82, 2.24) is 0 Å². The van der Waals surface area contributed by atoms with Crippen LogP contribution in [0.25, 0.3) is 0 Å². The van der Waals surface area contributed by atoms with Crippen molar-refractivity contribution in [3.63, 3.8) is 0 Å². The van der Waals surface area contributed by atoms with Gasteiger partial charge in [-0.15, -0.1) is 16.1 Å². The van der Waals surface area contributed by atoms with Gasteiger partial charge in [0, 0.05) is 0 Å². The largest absolute Gasteiger partial charge is 2.00 e. The molecule has 0 heterocycles. The molecule has 0 spiro atoms. The first kappa shape index (κ1) is 18.2. The fraction of sp³-hybridized carbons (Fsp3) is 0.750. The van der Waals surface area contributed by atoms with Gasteiger partial charge in [0.15, 0.2) is 0 Å². The molecule has 0 N–H and O–H groups in total. The number of hydrogen-bond acceptors (Lipinski definition) is 0. The van der Waals surface area contributed by atoms with Crippen molar-refractivity contribution < 1.29 is 26.2 Å². The fourth-order valence-corrected chi connectivity index (χ4v) is 0. The zero-order valence-corrected chi connectivity index (χ0v) is 13.4. The van der Waals surface area contributed by atoms with Crippen LogP contribution in [0.4, 0.5) is 0 Å². The van der Waals surface area contributed by atoms with Gasteiger partial charge in [0.1, 0.15) is 0 Å². The first-order valence-electron chi connectivity index (χ1n) is 3.71. The van der Waals surface area contributed by atoms with E-state index in [-0.39, 0.29) is 26.2 Å². The molecule has 0 radical (unpaired) electrons. The van der Waals surface area contributed by atoms with E-state index < -0.39 is 16.1 Å². The molecular formula is C8H22Si2Zr. The molecule has 0 saturated carbocycles. The quantitative estimate of drug-likeness (QED) is 0.465. The Balaban J connectivity index is -0.000000107. The smallest absolute Gasteiger partial charge is 0.342 e. The van der Waals surface area contributed by atoms with Crippen molar-refractivity contribution in [1.29, 1.82) is 0 Å². The minimum Gasteiger partial charge on any atom is -0.342 e. The van der Waals surface area contributed by atoms with Crippen LogP contribution in [0.5, 0.6) is 0 Å². The minimum absolute atomic E-state index is 0. The van der Waals surface area contributed by atoms with Crippen LogP contribution in [0.3, 0.4) is 0 Å². The van der Waals surface area contributed by atoms with E-state index in [2.05, 4.69) is 52.4 Å². The second-order valence-corrected chi connectivity index (χ2v) is 15.4. The van der Waals surface area contributed by atoms with Gasteiger partial charge in [-0.05, 0) is 0 Å². The minimum atomic E-state index is -0.861. The predicted octanol–water partition coefficient (Wildman–Crippen LogP) is 3.39. The SMILES string of the molecule is [CH2-][Si](C)(C)C.[CH2-][Si](C)(C)C.[Zr+2]. The van der Waals surface area contributed by atoms with E-state index >= 15 is 0 Å². The van der Waals surface area contributed by atoms with Gasteiger partial charge in [0.05, 0.1) is 0 Å². The van der Waals surface area contributed by atoms with E-state index in [4.69, 9.17) is 0 Å². The maximum Gasteiger partial charge on any atom is 2.00 e. The number of hydrogen-bond donors (Lipinski definition) is 0. The third-order valence-electron chi connectivity index (χ3n) is 0. The van der Waals surface area contributed by atoms with Crippen molar-refractivity contribution >= 4 is 16.1 Å². The van der Waals surface area contributed by atoms with Gasteiger partial charge < -0.3 is 13.1 Å². The molecule has 3 heteroatoms. The first-order chi connectivity index (χ1) is 4.00. The van der Waals surface area contributed by atoms with Crippen LogP contribution in [0.2, 0.25) is 39.3 Å². The molecule has 0 unspecified atom stereocenters. The Bertz CT molecular complexity index is 55.1. The second-order valence-electron chi connectivity index (χ2n) is 5.12. The molecule has 0 aromatic carbocycles. The van der Waals surface area contributed by atoms with Gasteiger partial charge in [0.2, 0.25) is 0 Å². The summed E-state index contributed by atoms with van der Waals surface area (Å²) in [6, 6.07) is 0. The average Bonchev–Trinajstić information content (AvgIpc) is 1.12. The van der Waals surface area contributed by atoms with Crippen LogP contribution >= 0.6 is 0 Å². The van der Waals surface area contributed by atoms with E-state index in [0.717, 1.165) is 0 Å². The molecule has 0 saturated heterocycles. The molecular weight excluding hydrogens is 243 g/mol. The van der Waals surface area contributed by atoms with Gasteiger partial charge >= 0.3 is 26.2 Å². The first-order valence-corrected chi connectivity index (χ1v) is 11.1. The molecule has 11 heavy (non-hydrogen) atoms. The van der Waals surface area contributed by atoms with Crippen molar-refractivity contribution in [3.05, 3.63) is 13.1 Å². The molecule has 0 aliphatic carbocycles. The zero-order valence-electron chi connectivity index (χ0n) is 8.91. The molecule has 0 aliphatic heterocycles. The summed E-state index contributed by atoms with van der Waals surface area (Å²) in [5.74, 6) is 0. The summed E-state index contributed by atoms with van der Waals surface area (Å²) in [5, 5.41) is 0. The van der Waals surface area contributed by atoms with Crippen LogP contribution in [-0.2, 0) is 26.2 Å². The standard InChI is InChI=1S/2C4H11Si.Zr/c2*1-5(2,3)4;/h2*1H2,2-4H3;/q2*-1;+2. The third-order valence-corrected chi connectivity index (χ3v) is 0. The fourth-order valence-electron chi connectivity index (χ4n) is 0. The molecule has 0 aliphatic rings. The molecule has 0 aromatic heterocycles. The Morgan fingerprint density at radius 1 is 0.636 bits per heavy atom. The summed E-state index contributed by atoms with van der Waals surface area (Å²) in [6.07, 6.45) is 0. The molecule has 0 nitrogen and oxygen atoms in total. The van der Waals surface area contributed by atoms with Gasteiger partial charge in [-0.25, -0.2) is 0 Å².